The highest BCUT2D eigenvalue weighted by Crippen LogP contribution is 2.17. The van der Waals surface area contributed by atoms with Gasteiger partial charge in [0.15, 0.2) is 16.8 Å². The Kier molecular flexibility index (Phi) is 4.33. The summed E-state index contributed by atoms with van der Waals surface area (Å²) in [6.45, 7) is 1.80. The molecule has 0 aliphatic carbocycles. The van der Waals surface area contributed by atoms with Crippen LogP contribution in [0.15, 0.2) is 23.4 Å². The van der Waals surface area contributed by atoms with E-state index in [2.05, 4.69) is 15.5 Å². The van der Waals surface area contributed by atoms with Crippen molar-refractivity contribution in [2.24, 2.45) is 7.05 Å². The molecule has 1 heterocycles. The molecule has 5 nitrogen and oxygen atoms in total. The van der Waals surface area contributed by atoms with Gasteiger partial charge in [0.25, 0.3) is 0 Å². The van der Waals surface area contributed by atoms with Crippen LogP contribution in [0, 0.1) is 18.6 Å². The SMILES string of the molecule is Cc1nnc(SCC(=O)Nc2ccc(F)c(F)c2)n1C. The molecular weight excluding hydrogens is 286 g/mol. The van der Waals surface area contributed by atoms with E-state index in [-0.39, 0.29) is 17.3 Å². The molecule has 0 saturated heterocycles. The highest BCUT2D eigenvalue weighted by atomic mass is 32.2. The summed E-state index contributed by atoms with van der Waals surface area (Å²) in [6.07, 6.45) is 0. The zero-order chi connectivity index (χ0) is 14.7. The molecule has 0 spiro atoms. The van der Waals surface area contributed by atoms with E-state index in [0.29, 0.717) is 5.16 Å². The third kappa shape index (κ3) is 3.32. The van der Waals surface area contributed by atoms with Gasteiger partial charge in [0.1, 0.15) is 5.82 Å². The van der Waals surface area contributed by atoms with E-state index in [0.717, 1.165) is 18.0 Å². The van der Waals surface area contributed by atoms with Crippen LogP contribution in [-0.4, -0.2) is 26.4 Å². The molecule has 2 aromatic rings. The molecule has 8 heteroatoms. The second kappa shape index (κ2) is 6.00. The van der Waals surface area contributed by atoms with Crippen LogP contribution < -0.4 is 5.32 Å². The lowest BCUT2D eigenvalue weighted by Gasteiger charge is -2.05. The lowest BCUT2D eigenvalue weighted by Crippen LogP contribution is -2.14. The number of carbonyl (C=O) groups excluding carboxylic acids is 1. The summed E-state index contributed by atoms with van der Waals surface area (Å²) in [5, 5.41) is 10.9. The van der Waals surface area contributed by atoms with Gasteiger partial charge in [-0.2, -0.15) is 0 Å². The Hall–Kier alpha value is -1.96. The summed E-state index contributed by atoms with van der Waals surface area (Å²) < 4.78 is 27.5. The standard InChI is InChI=1S/C12H12F2N4OS/c1-7-16-17-12(18(7)2)20-6-11(19)15-8-3-4-9(13)10(14)5-8/h3-5H,6H2,1-2H3,(H,15,19). The number of rotatable bonds is 4. The molecule has 106 valence electrons. The Morgan fingerprint density at radius 1 is 1.35 bits per heavy atom. The predicted octanol–water partition coefficient (Wildman–Crippen LogP) is 2.13. The molecule has 1 amide bonds. The highest BCUT2D eigenvalue weighted by molar-refractivity contribution is 7.99. The smallest absolute Gasteiger partial charge is 0.234 e. The molecule has 1 N–H and O–H groups in total. The second-order valence-corrected chi connectivity index (χ2v) is 5.00. The molecule has 20 heavy (non-hydrogen) atoms. The number of thioether (sulfide) groups is 1. The van der Waals surface area contributed by atoms with Gasteiger partial charge in [-0.05, 0) is 19.1 Å². The second-order valence-electron chi connectivity index (χ2n) is 4.05. The molecule has 0 bridgehead atoms. The van der Waals surface area contributed by atoms with Crippen LogP contribution in [0.2, 0.25) is 0 Å². The van der Waals surface area contributed by atoms with Crippen LogP contribution in [0.1, 0.15) is 5.82 Å². The average Bonchev–Trinajstić information content (AvgIpc) is 2.72. The molecule has 1 aromatic carbocycles. The number of benzene rings is 1. The van der Waals surface area contributed by atoms with Crippen molar-refractivity contribution in [2.75, 3.05) is 11.1 Å². The number of carbonyl (C=O) groups is 1. The Morgan fingerprint density at radius 2 is 2.10 bits per heavy atom. The van der Waals surface area contributed by atoms with Gasteiger partial charge >= 0.3 is 0 Å². The van der Waals surface area contributed by atoms with Crippen molar-refractivity contribution in [2.45, 2.75) is 12.1 Å². The molecule has 0 radical (unpaired) electrons. The summed E-state index contributed by atoms with van der Waals surface area (Å²) in [7, 11) is 1.80. The van der Waals surface area contributed by atoms with Gasteiger partial charge in [-0.1, -0.05) is 11.8 Å². The molecule has 0 aliphatic heterocycles. The maximum Gasteiger partial charge on any atom is 0.234 e. The van der Waals surface area contributed by atoms with Gasteiger partial charge in [0.05, 0.1) is 5.75 Å². The van der Waals surface area contributed by atoms with E-state index in [1.165, 1.54) is 17.8 Å². The number of anilines is 1. The van der Waals surface area contributed by atoms with Gasteiger partial charge in [-0.25, -0.2) is 8.78 Å². The monoisotopic (exact) mass is 298 g/mol. The number of nitrogens with one attached hydrogen (secondary N) is 1. The van der Waals surface area contributed by atoms with Crippen molar-refractivity contribution < 1.29 is 13.6 Å². The molecular formula is C12H12F2N4OS. The number of nitrogens with zero attached hydrogens (tertiary/aromatic N) is 3. The first-order chi connectivity index (χ1) is 9.47. The van der Waals surface area contributed by atoms with Crippen LogP contribution in [0.5, 0.6) is 0 Å². The molecule has 0 atom stereocenters. The first kappa shape index (κ1) is 14.4. The Morgan fingerprint density at radius 3 is 2.70 bits per heavy atom. The van der Waals surface area contributed by atoms with Gasteiger partial charge in [-0.3, -0.25) is 4.79 Å². The highest BCUT2D eigenvalue weighted by Gasteiger charge is 2.10. The first-order valence-corrected chi connectivity index (χ1v) is 6.69. The topological polar surface area (TPSA) is 59.8 Å². The van der Waals surface area contributed by atoms with E-state index < -0.39 is 11.6 Å². The van der Waals surface area contributed by atoms with Crippen molar-refractivity contribution in [3.63, 3.8) is 0 Å². The van der Waals surface area contributed by atoms with Crippen LogP contribution in [0.25, 0.3) is 0 Å². The van der Waals surface area contributed by atoms with E-state index in [4.69, 9.17) is 0 Å². The molecule has 0 unspecified atom stereocenters. The molecule has 2 rings (SSSR count). The Labute approximate surface area is 118 Å². The van der Waals surface area contributed by atoms with E-state index >= 15 is 0 Å². The maximum absolute atomic E-state index is 13.0. The van der Waals surface area contributed by atoms with Gasteiger partial charge in [0.2, 0.25) is 5.91 Å². The van der Waals surface area contributed by atoms with Crippen LogP contribution >= 0.6 is 11.8 Å². The lowest BCUT2D eigenvalue weighted by atomic mass is 10.3. The first-order valence-electron chi connectivity index (χ1n) is 5.71. The number of aryl methyl sites for hydroxylation is 1. The summed E-state index contributed by atoms with van der Waals surface area (Å²) in [4.78, 5) is 11.7. The molecule has 1 aromatic heterocycles. The van der Waals surface area contributed by atoms with Crippen molar-refractivity contribution in [3.05, 3.63) is 35.7 Å². The third-order valence-corrected chi connectivity index (χ3v) is 3.61. The maximum atomic E-state index is 13.0. The quantitative estimate of drug-likeness (QED) is 0.879. The number of halogens is 2. The van der Waals surface area contributed by atoms with E-state index in [9.17, 15) is 13.6 Å². The van der Waals surface area contributed by atoms with Crippen molar-refractivity contribution in [3.8, 4) is 0 Å². The van der Waals surface area contributed by atoms with Crippen molar-refractivity contribution in [1.29, 1.82) is 0 Å². The van der Waals surface area contributed by atoms with Gasteiger partial charge < -0.3 is 9.88 Å². The average molecular weight is 298 g/mol. The van der Waals surface area contributed by atoms with Crippen LogP contribution in [-0.2, 0) is 11.8 Å². The number of hydrogen-bond donors (Lipinski definition) is 1. The fourth-order valence-electron chi connectivity index (χ4n) is 1.41. The predicted molar refractivity (Wildman–Crippen MR) is 71.5 cm³/mol. The summed E-state index contributed by atoms with van der Waals surface area (Å²) in [5.74, 6) is -1.44. The zero-order valence-electron chi connectivity index (χ0n) is 10.9. The Balaban J connectivity index is 1.92. The van der Waals surface area contributed by atoms with E-state index in [1.807, 2.05) is 0 Å². The minimum absolute atomic E-state index is 0.102. The van der Waals surface area contributed by atoms with Crippen LogP contribution in [0.3, 0.4) is 0 Å². The lowest BCUT2D eigenvalue weighted by molar-refractivity contribution is -0.113. The minimum Gasteiger partial charge on any atom is -0.325 e. The summed E-state index contributed by atoms with van der Waals surface area (Å²) in [6, 6.07) is 3.20. The van der Waals surface area contributed by atoms with Crippen LogP contribution in [0.4, 0.5) is 14.5 Å². The third-order valence-electron chi connectivity index (χ3n) is 2.59. The molecule has 0 aliphatic rings. The van der Waals surface area contributed by atoms with Gasteiger partial charge in [-0.15, -0.1) is 10.2 Å². The van der Waals surface area contributed by atoms with Crippen molar-refractivity contribution in [1.82, 2.24) is 14.8 Å². The summed E-state index contributed by atoms with van der Waals surface area (Å²) in [5.41, 5.74) is 0.212. The Bertz CT molecular complexity index is 644. The zero-order valence-corrected chi connectivity index (χ0v) is 11.7. The number of hydrogen-bond acceptors (Lipinski definition) is 4. The fraction of sp³-hybridized carbons (Fsp3) is 0.250. The number of aromatic nitrogens is 3. The van der Waals surface area contributed by atoms with E-state index in [1.54, 1.807) is 18.5 Å². The van der Waals surface area contributed by atoms with Gasteiger partial charge in [0, 0.05) is 18.8 Å². The molecule has 0 fully saturated rings. The normalized spacial score (nSPS) is 10.6. The van der Waals surface area contributed by atoms with Crippen molar-refractivity contribution >= 4 is 23.4 Å². The fourth-order valence-corrected chi connectivity index (χ4v) is 2.17. The summed E-state index contributed by atoms with van der Waals surface area (Å²) >= 11 is 1.21. The minimum atomic E-state index is -1.00. The number of amides is 1. The molecule has 0 saturated carbocycles. The largest absolute Gasteiger partial charge is 0.325 e.